The minimum Gasteiger partial charge on any atom is -0.373 e. The van der Waals surface area contributed by atoms with Crippen molar-refractivity contribution in [3.8, 4) is 0 Å². The highest BCUT2D eigenvalue weighted by molar-refractivity contribution is 5.80. The van der Waals surface area contributed by atoms with E-state index < -0.39 is 0 Å². The minimum absolute atomic E-state index is 0.327. The number of Topliss-reactive ketones (excluding diaryl/α,β-unsaturated/α-hetero) is 1. The molecule has 2 saturated carbocycles. The number of carbonyl (C=O) groups excluding carboxylic acids is 1. The van der Waals surface area contributed by atoms with Crippen molar-refractivity contribution < 1.29 is 9.53 Å². The van der Waals surface area contributed by atoms with E-state index in [-0.39, 0.29) is 0 Å². The van der Waals surface area contributed by atoms with Crippen molar-refractivity contribution in [2.75, 3.05) is 0 Å². The van der Waals surface area contributed by atoms with E-state index in [9.17, 15) is 4.79 Å². The van der Waals surface area contributed by atoms with E-state index in [0.29, 0.717) is 30.3 Å². The Morgan fingerprint density at radius 3 is 2.35 bits per heavy atom. The van der Waals surface area contributed by atoms with Gasteiger partial charge in [0.25, 0.3) is 0 Å². The first-order valence-corrected chi connectivity index (χ1v) is 6.50. The number of ketones is 1. The molecule has 0 heterocycles. The van der Waals surface area contributed by atoms with E-state index in [4.69, 9.17) is 4.74 Å². The summed E-state index contributed by atoms with van der Waals surface area (Å²) < 4.78 is 6.05. The van der Waals surface area contributed by atoms with Crippen LogP contribution < -0.4 is 0 Å². The number of hydrogen-bond donors (Lipinski definition) is 0. The number of rotatable bonds is 3. The molecule has 0 radical (unpaired) electrons. The maximum absolute atomic E-state index is 11.5. The van der Waals surface area contributed by atoms with Crippen LogP contribution in [0.15, 0.2) is 30.3 Å². The lowest BCUT2D eigenvalue weighted by Gasteiger charge is -2.29. The average Bonchev–Trinajstić information content (AvgIpc) is 2.59. The fourth-order valence-electron chi connectivity index (χ4n) is 3.29. The molecule has 0 amide bonds. The molecule has 2 heteroatoms. The molecule has 0 saturated heterocycles. The molecular formula is C15H18O2. The second kappa shape index (κ2) is 4.61. The van der Waals surface area contributed by atoms with E-state index in [1.165, 1.54) is 18.4 Å². The van der Waals surface area contributed by atoms with Gasteiger partial charge in [-0.3, -0.25) is 4.79 Å². The summed E-state index contributed by atoms with van der Waals surface area (Å²) in [4.78, 5) is 11.5. The maximum Gasteiger partial charge on any atom is 0.133 e. The highest BCUT2D eigenvalue weighted by Gasteiger charge is 2.42. The molecule has 1 aromatic carbocycles. The first-order valence-electron chi connectivity index (χ1n) is 6.50. The summed E-state index contributed by atoms with van der Waals surface area (Å²) in [6.45, 7) is 0.687. The molecule has 17 heavy (non-hydrogen) atoms. The third-order valence-corrected chi connectivity index (χ3v) is 4.10. The summed E-state index contributed by atoms with van der Waals surface area (Å²) in [5.41, 5.74) is 1.23. The summed E-state index contributed by atoms with van der Waals surface area (Å²) >= 11 is 0. The third-order valence-electron chi connectivity index (χ3n) is 4.10. The zero-order valence-electron chi connectivity index (χ0n) is 9.97. The van der Waals surface area contributed by atoms with Crippen LogP contribution in [0, 0.1) is 11.8 Å². The van der Waals surface area contributed by atoms with E-state index in [1.54, 1.807) is 0 Å². The lowest BCUT2D eigenvalue weighted by atomic mass is 9.85. The van der Waals surface area contributed by atoms with Crippen molar-refractivity contribution in [1.29, 1.82) is 0 Å². The molecule has 2 fully saturated rings. The molecule has 2 unspecified atom stereocenters. The molecule has 2 aliphatic carbocycles. The number of hydrogen-bond acceptors (Lipinski definition) is 2. The molecule has 2 aliphatic rings. The predicted octanol–water partition coefficient (Wildman–Crippen LogP) is 2.96. The lowest BCUT2D eigenvalue weighted by molar-refractivity contribution is -0.127. The number of fused-ring (bicyclic) bond motifs is 2. The van der Waals surface area contributed by atoms with Crippen molar-refractivity contribution >= 4 is 5.78 Å². The third kappa shape index (κ3) is 2.27. The van der Waals surface area contributed by atoms with Gasteiger partial charge in [0.2, 0.25) is 0 Å². The maximum atomic E-state index is 11.5. The van der Waals surface area contributed by atoms with Gasteiger partial charge in [0.1, 0.15) is 5.78 Å². The number of carbonyl (C=O) groups is 1. The Hall–Kier alpha value is -1.15. The Labute approximate surface area is 102 Å². The second-order valence-corrected chi connectivity index (χ2v) is 5.31. The SMILES string of the molecule is O=C1CC2CCC(C1)C2OCc1ccccc1. The molecule has 2 bridgehead atoms. The highest BCUT2D eigenvalue weighted by atomic mass is 16.5. The molecule has 2 atom stereocenters. The van der Waals surface area contributed by atoms with Gasteiger partial charge in [0.15, 0.2) is 0 Å². The fraction of sp³-hybridized carbons (Fsp3) is 0.533. The molecule has 0 aromatic heterocycles. The molecule has 2 nitrogen and oxygen atoms in total. The fourth-order valence-corrected chi connectivity index (χ4v) is 3.29. The molecule has 1 aromatic rings. The largest absolute Gasteiger partial charge is 0.373 e. The summed E-state index contributed by atoms with van der Waals surface area (Å²) in [5, 5.41) is 0. The van der Waals surface area contributed by atoms with Crippen LogP contribution in [0.5, 0.6) is 0 Å². The van der Waals surface area contributed by atoms with Crippen LogP contribution in [0.25, 0.3) is 0 Å². The minimum atomic E-state index is 0.327. The van der Waals surface area contributed by atoms with Crippen LogP contribution in [0.4, 0.5) is 0 Å². The van der Waals surface area contributed by atoms with Crippen molar-refractivity contribution in [1.82, 2.24) is 0 Å². The van der Waals surface area contributed by atoms with Crippen LogP contribution in [-0.4, -0.2) is 11.9 Å². The van der Waals surface area contributed by atoms with Crippen LogP contribution in [-0.2, 0) is 16.1 Å². The second-order valence-electron chi connectivity index (χ2n) is 5.31. The van der Waals surface area contributed by atoms with Gasteiger partial charge in [-0.15, -0.1) is 0 Å². The average molecular weight is 230 g/mol. The Morgan fingerprint density at radius 1 is 1.06 bits per heavy atom. The van der Waals surface area contributed by atoms with Crippen LogP contribution in [0.3, 0.4) is 0 Å². The molecule has 0 spiro atoms. The van der Waals surface area contributed by atoms with Gasteiger partial charge in [-0.25, -0.2) is 0 Å². The Balaban J connectivity index is 1.61. The van der Waals surface area contributed by atoms with E-state index >= 15 is 0 Å². The van der Waals surface area contributed by atoms with Crippen LogP contribution in [0.1, 0.15) is 31.2 Å². The topological polar surface area (TPSA) is 26.3 Å². The Kier molecular flexibility index (Phi) is 2.98. The zero-order chi connectivity index (χ0) is 11.7. The van der Waals surface area contributed by atoms with Crippen molar-refractivity contribution in [2.45, 2.75) is 38.4 Å². The van der Waals surface area contributed by atoms with Gasteiger partial charge in [-0.1, -0.05) is 30.3 Å². The van der Waals surface area contributed by atoms with Crippen molar-refractivity contribution in [2.24, 2.45) is 11.8 Å². The van der Waals surface area contributed by atoms with E-state index in [0.717, 1.165) is 12.8 Å². The molecule has 3 rings (SSSR count). The van der Waals surface area contributed by atoms with Crippen molar-refractivity contribution in [3.05, 3.63) is 35.9 Å². The number of ether oxygens (including phenoxy) is 1. The standard InChI is InChI=1S/C15H18O2/c16-14-8-12-6-7-13(9-14)15(12)17-10-11-4-2-1-3-5-11/h1-5,12-13,15H,6-10H2. The first kappa shape index (κ1) is 11.0. The molecular weight excluding hydrogens is 212 g/mol. The summed E-state index contributed by atoms with van der Waals surface area (Å²) in [5.74, 6) is 1.42. The van der Waals surface area contributed by atoms with Gasteiger partial charge in [0.05, 0.1) is 12.7 Å². The molecule has 90 valence electrons. The smallest absolute Gasteiger partial charge is 0.133 e. The molecule has 0 N–H and O–H groups in total. The van der Waals surface area contributed by atoms with Gasteiger partial charge in [-0.2, -0.15) is 0 Å². The van der Waals surface area contributed by atoms with Gasteiger partial charge in [-0.05, 0) is 30.2 Å². The van der Waals surface area contributed by atoms with Crippen molar-refractivity contribution in [3.63, 3.8) is 0 Å². The molecule has 0 aliphatic heterocycles. The van der Waals surface area contributed by atoms with Crippen LogP contribution in [0.2, 0.25) is 0 Å². The normalized spacial score (nSPS) is 31.8. The monoisotopic (exact) mass is 230 g/mol. The summed E-state index contributed by atoms with van der Waals surface area (Å²) in [6.07, 6.45) is 4.17. The summed E-state index contributed by atoms with van der Waals surface area (Å²) in [7, 11) is 0. The van der Waals surface area contributed by atoms with Gasteiger partial charge in [0, 0.05) is 12.8 Å². The predicted molar refractivity (Wildman–Crippen MR) is 65.5 cm³/mol. The number of benzene rings is 1. The Morgan fingerprint density at radius 2 is 1.71 bits per heavy atom. The lowest BCUT2D eigenvalue weighted by Crippen LogP contribution is -2.33. The first-order chi connectivity index (χ1) is 8.33. The van der Waals surface area contributed by atoms with E-state index in [2.05, 4.69) is 12.1 Å². The van der Waals surface area contributed by atoms with E-state index in [1.807, 2.05) is 18.2 Å². The Bertz CT molecular complexity index is 383. The summed E-state index contributed by atoms with van der Waals surface area (Å²) in [6, 6.07) is 10.3. The van der Waals surface area contributed by atoms with Crippen LogP contribution >= 0.6 is 0 Å². The highest BCUT2D eigenvalue weighted by Crippen LogP contribution is 2.42. The van der Waals surface area contributed by atoms with Gasteiger partial charge >= 0.3 is 0 Å². The quantitative estimate of drug-likeness (QED) is 0.798. The van der Waals surface area contributed by atoms with Gasteiger partial charge < -0.3 is 4.74 Å². The zero-order valence-corrected chi connectivity index (χ0v) is 9.97.